The quantitative estimate of drug-likeness (QED) is 0.159. The largest absolute Gasteiger partial charge is 0.416 e. The molecular formula is C30H24F6O2. The average Bonchev–Trinajstić information content (AvgIpc) is 2.91. The Hall–Kier alpha value is -3.62. The van der Waals surface area contributed by atoms with Crippen LogP contribution in [0, 0.1) is 0 Å². The van der Waals surface area contributed by atoms with Crippen LogP contribution >= 0.6 is 0 Å². The molecule has 4 aromatic carbocycles. The van der Waals surface area contributed by atoms with Crippen LogP contribution in [-0.2, 0) is 21.8 Å². The highest BCUT2D eigenvalue weighted by molar-refractivity contribution is 5.34. The lowest BCUT2D eigenvalue weighted by atomic mass is 10.00. The van der Waals surface area contributed by atoms with E-state index >= 15 is 0 Å². The summed E-state index contributed by atoms with van der Waals surface area (Å²) in [5.74, 6) is 0. The molecule has 2 nitrogen and oxygen atoms in total. The lowest BCUT2D eigenvalue weighted by Crippen LogP contribution is -2.15. The Balaban J connectivity index is 1.49. The minimum atomic E-state index is -4.44. The molecule has 0 aromatic heterocycles. The molecule has 0 saturated carbocycles. The van der Waals surface area contributed by atoms with Gasteiger partial charge in [-0.1, -0.05) is 84.9 Å². The average molecular weight is 531 g/mol. The van der Waals surface area contributed by atoms with Gasteiger partial charge in [0.05, 0.1) is 24.3 Å². The van der Waals surface area contributed by atoms with E-state index in [1.807, 2.05) is 60.7 Å². The van der Waals surface area contributed by atoms with E-state index in [0.717, 1.165) is 35.4 Å². The number of ether oxygens (including phenoxy) is 2. The maximum absolute atomic E-state index is 13.0. The van der Waals surface area contributed by atoms with Gasteiger partial charge in [0.1, 0.15) is 12.2 Å². The summed E-state index contributed by atoms with van der Waals surface area (Å²) in [5, 5.41) is 0. The summed E-state index contributed by atoms with van der Waals surface area (Å²) < 4.78 is 90.3. The van der Waals surface area contributed by atoms with Crippen molar-refractivity contribution in [2.45, 2.75) is 24.6 Å². The van der Waals surface area contributed by atoms with Crippen LogP contribution in [0.1, 0.15) is 45.6 Å². The van der Waals surface area contributed by atoms with Gasteiger partial charge in [-0.3, -0.25) is 0 Å². The molecule has 0 amide bonds. The van der Waals surface area contributed by atoms with Gasteiger partial charge in [-0.05, 0) is 46.5 Å². The molecule has 0 aliphatic heterocycles. The van der Waals surface area contributed by atoms with Crippen LogP contribution in [0.25, 0.3) is 0 Å². The van der Waals surface area contributed by atoms with E-state index in [1.165, 1.54) is 24.3 Å². The van der Waals surface area contributed by atoms with Crippen LogP contribution in [0.4, 0.5) is 26.3 Å². The number of hydrogen-bond donors (Lipinski definition) is 0. The third-order valence-electron chi connectivity index (χ3n) is 5.94. The molecule has 0 spiro atoms. The third kappa shape index (κ3) is 7.02. The Morgan fingerprint density at radius 2 is 0.711 bits per heavy atom. The first-order valence-electron chi connectivity index (χ1n) is 11.8. The van der Waals surface area contributed by atoms with Gasteiger partial charge >= 0.3 is 12.4 Å². The zero-order valence-electron chi connectivity index (χ0n) is 20.0. The van der Waals surface area contributed by atoms with Crippen LogP contribution in [0.15, 0.2) is 109 Å². The monoisotopic (exact) mass is 530 g/mol. The Labute approximate surface area is 216 Å². The number of benzene rings is 4. The molecule has 2 unspecified atom stereocenters. The number of halogens is 6. The summed E-state index contributed by atoms with van der Waals surface area (Å²) in [5.41, 5.74) is 1.11. The van der Waals surface area contributed by atoms with E-state index in [4.69, 9.17) is 9.47 Å². The fourth-order valence-corrected chi connectivity index (χ4v) is 4.05. The minimum Gasteiger partial charge on any atom is -0.366 e. The summed E-state index contributed by atoms with van der Waals surface area (Å²) >= 11 is 0. The lowest BCUT2D eigenvalue weighted by Gasteiger charge is -2.22. The number of rotatable bonds is 9. The zero-order valence-corrected chi connectivity index (χ0v) is 20.0. The number of hydrogen-bond acceptors (Lipinski definition) is 2. The summed E-state index contributed by atoms with van der Waals surface area (Å²) in [7, 11) is 0. The van der Waals surface area contributed by atoms with Gasteiger partial charge in [-0.2, -0.15) is 26.3 Å². The molecule has 2 atom stereocenters. The molecule has 0 bridgehead atoms. The van der Waals surface area contributed by atoms with E-state index in [-0.39, 0.29) is 13.2 Å². The first kappa shape index (κ1) is 27.4. The molecule has 4 aromatic rings. The van der Waals surface area contributed by atoms with E-state index in [0.29, 0.717) is 11.1 Å². The lowest BCUT2D eigenvalue weighted by molar-refractivity contribution is -0.138. The third-order valence-corrected chi connectivity index (χ3v) is 5.94. The van der Waals surface area contributed by atoms with Crippen LogP contribution in [0.5, 0.6) is 0 Å². The van der Waals surface area contributed by atoms with Crippen molar-refractivity contribution in [3.63, 3.8) is 0 Å². The Morgan fingerprint density at radius 3 is 1.00 bits per heavy atom. The second-order valence-electron chi connectivity index (χ2n) is 8.56. The smallest absolute Gasteiger partial charge is 0.366 e. The first-order chi connectivity index (χ1) is 18.1. The fraction of sp³-hybridized carbons (Fsp3) is 0.200. The molecule has 38 heavy (non-hydrogen) atoms. The van der Waals surface area contributed by atoms with E-state index in [2.05, 4.69) is 0 Å². The predicted molar refractivity (Wildman–Crippen MR) is 131 cm³/mol. The molecule has 0 aliphatic carbocycles. The molecule has 0 N–H and O–H groups in total. The Bertz CT molecular complexity index is 1170. The van der Waals surface area contributed by atoms with Gasteiger partial charge in [-0.25, -0.2) is 0 Å². The molecule has 0 fully saturated rings. The predicted octanol–water partition coefficient (Wildman–Crippen LogP) is 8.64. The van der Waals surface area contributed by atoms with E-state index in [9.17, 15) is 26.3 Å². The Morgan fingerprint density at radius 1 is 0.421 bits per heavy atom. The van der Waals surface area contributed by atoms with Gasteiger partial charge in [0.25, 0.3) is 0 Å². The zero-order chi connectivity index (χ0) is 27.2. The summed E-state index contributed by atoms with van der Waals surface area (Å²) in [6.07, 6.45) is -10.2. The van der Waals surface area contributed by atoms with Crippen LogP contribution in [0.3, 0.4) is 0 Å². The molecular weight excluding hydrogens is 506 g/mol. The molecule has 0 heterocycles. The van der Waals surface area contributed by atoms with Gasteiger partial charge < -0.3 is 9.47 Å². The standard InChI is InChI=1S/C30H24F6O2/c31-29(32,33)25-15-11-23(12-16-25)27(21-7-3-1-4-8-21)37-19-20-38-28(22-9-5-2-6-10-22)24-13-17-26(18-14-24)30(34,35)36/h1-18,27-28H,19-20H2. The maximum atomic E-state index is 13.0. The second-order valence-corrected chi connectivity index (χ2v) is 8.56. The summed E-state index contributed by atoms with van der Waals surface area (Å²) in [6.45, 7) is 0.176. The molecule has 198 valence electrons. The van der Waals surface area contributed by atoms with E-state index in [1.54, 1.807) is 0 Å². The van der Waals surface area contributed by atoms with Crippen molar-refractivity contribution in [3.05, 3.63) is 143 Å². The van der Waals surface area contributed by atoms with Crippen molar-refractivity contribution in [3.8, 4) is 0 Å². The van der Waals surface area contributed by atoms with E-state index < -0.39 is 35.7 Å². The fourth-order valence-electron chi connectivity index (χ4n) is 4.05. The summed E-state index contributed by atoms with van der Waals surface area (Å²) in [6, 6.07) is 27.8. The van der Waals surface area contributed by atoms with Crippen LogP contribution in [-0.4, -0.2) is 13.2 Å². The summed E-state index contributed by atoms with van der Waals surface area (Å²) in [4.78, 5) is 0. The van der Waals surface area contributed by atoms with Crippen molar-refractivity contribution in [2.24, 2.45) is 0 Å². The first-order valence-corrected chi connectivity index (χ1v) is 11.8. The van der Waals surface area contributed by atoms with Crippen molar-refractivity contribution in [1.29, 1.82) is 0 Å². The van der Waals surface area contributed by atoms with Crippen molar-refractivity contribution >= 4 is 0 Å². The highest BCUT2D eigenvalue weighted by atomic mass is 19.4. The van der Waals surface area contributed by atoms with Crippen LogP contribution in [0.2, 0.25) is 0 Å². The second kappa shape index (κ2) is 11.8. The van der Waals surface area contributed by atoms with Gasteiger partial charge in [0.2, 0.25) is 0 Å². The Kier molecular flexibility index (Phi) is 8.54. The normalized spacial score (nSPS) is 13.7. The molecule has 4 rings (SSSR count). The SMILES string of the molecule is FC(F)(F)c1ccc(C(OCCOC(c2ccccc2)c2ccc(C(F)(F)F)cc2)c2ccccc2)cc1. The number of alkyl halides is 6. The minimum absolute atomic E-state index is 0.0878. The highest BCUT2D eigenvalue weighted by Gasteiger charge is 2.31. The highest BCUT2D eigenvalue weighted by Crippen LogP contribution is 2.34. The topological polar surface area (TPSA) is 18.5 Å². The van der Waals surface area contributed by atoms with Gasteiger partial charge in [0.15, 0.2) is 0 Å². The van der Waals surface area contributed by atoms with Gasteiger partial charge in [-0.15, -0.1) is 0 Å². The maximum Gasteiger partial charge on any atom is 0.416 e. The molecule has 0 saturated heterocycles. The van der Waals surface area contributed by atoms with Crippen LogP contribution < -0.4 is 0 Å². The van der Waals surface area contributed by atoms with Crippen molar-refractivity contribution < 1.29 is 35.8 Å². The van der Waals surface area contributed by atoms with Crippen molar-refractivity contribution in [1.82, 2.24) is 0 Å². The van der Waals surface area contributed by atoms with Gasteiger partial charge in [0, 0.05) is 0 Å². The van der Waals surface area contributed by atoms with Crippen molar-refractivity contribution in [2.75, 3.05) is 13.2 Å². The molecule has 8 heteroatoms. The molecule has 0 radical (unpaired) electrons. The molecule has 0 aliphatic rings.